The van der Waals surface area contributed by atoms with Crippen molar-refractivity contribution in [1.29, 1.82) is 0 Å². The second-order valence-corrected chi connectivity index (χ2v) is 2.41. The Morgan fingerprint density at radius 1 is 1.60 bits per heavy atom. The minimum Gasteiger partial charge on any atom is -0.244 e. The van der Waals surface area contributed by atoms with Gasteiger partial charge in [-0.15, -0.1) is 5.10 Å². The van der Waals surface area contributed by atoms with Crippen LogP contribution < -0.4 is 0 Å². The molecule has 0 amide bonds. The van der Waals surface area contributed by atoms with E-state index < -0.39 is 0 Å². The highest BCUT2D eigenvalue weighted by molar-refractivity contribution is 5.95. The number of aliphatic imine (C=N–C) groups is 1. The van der Waals surface area contributed by atoms with Crippen LogP contribution in [0.5, 0.6) is 0 Å². The van der Waals surface area contributed by atoms with Gasteiger partial charge < -0.3 is 0 Å². The fraction of sp³-hybridized carbons (Fsp3) is 0.571. The lowest BCUT2D eigenvalue weighted by Gasteiger charge is -1.86. The molecule has 1 heterocycles. The summed E-state index contributed by atoms with van der Waals surface area (Å²) in [5, 5.41) is 7.83. The Labute approximate surface area is 60.6 Å². The van der Waals surface area contributed by atoms with Crippen molar-refractivity contribution in [3.05, 3.63) is 0 Å². The second-order valence-electron chi connectivity index (χ2n) is 2.41. The van der Waals surface area contributed by atoms with E-state index in [-0.39, 0.29) is 0 Å². The van der Waals surface area contributed by atoms with Gasteiger partial charge in [0, 0.05) is 18.3 Å². The number of hydrogen-bond donors (Lipinski definition) is 0. The maximum absolute atomic E-state index is 4.03. The molecule has 0 unspecified atom stereocenters. The zero-order chi connectivity index (χ0) is 7.40. The van der Waals surface area contributed by atoms with Crippen LogP contribution in [0.1, 0.15) is 26.7 Å². The molecule has 1 aliphatic heterocycles. The average molecular weight is 137 g/mol. The lowest BCUT2D eigenvalue weighted by molar-refractivity contribution is 1.14. The molecule has 0 saturated heterocycles. The summed E-state index contributed by atoms with van der Waals surface area (Å²) in [7, 11) is 0. The Balaban J connectivity index is 2.55. The van der Waals surface area contributed by atoms with Crippen molar-refractivity contribution in [2.75, 3.05) is 0 Å². The van der Waals surface area contributed by atoms with Gasteiger partial charge in [0.05, 0.1) is 0 Å². The molecular weight excluding hydrogens is 126 g/mol. The number of rotatable bonds is 1. The minimum absolute atomic E-state index is 0.848. The van der Waals surface area contributed by atoms with Crippen molar-refractivity contribution in [2.45, 2.75) is 26.7 Å². The molecule has 0 atom stereocenters. The zero-order valence-corrected chi connectivity index (χ0v) is 6.33. The van der Waals surface area contributed by atoms with Crippen molar-refractivity contribution < 1.29 is 0 Å². The van der Waals surface area contributed by atoms with Crippen molar-refractivity contribution in [1.82, 2.24) is 0 Å². The van der Waals surface area contributed by atoms with Gasteiger partial charge in [-0.05, 0) is 20.3 Å². The van der Waals surface area contributed by atoms with Crippen LogP contribution in [0, 0.1) is 0 Å². The highest BCUT2D eigenvalue weighted by Crippen LogP contribution is 2.00. The molecule has 3 nitrogen and oxygen atoms in total. The van der Waals surface area contributed by atoms with Crippen molar-refractivity contribution in [3.8, 4) is 0 Å². The predicted molar refractivity (Wildman–Crippen MR) is 43.9 cm³/mol. The molecule has 0 fully saturated rings. The molecule has 3 heteroatoms. The Hall–Kier alpha value is -0.990. The highest BCUT2D eigenvalue weighted by atomic mass is 15.2. The molecule has 1 rings (SSSR count). The van der Waals surface area contributed by atoms with E-state index in [1.807, 2.05) is 20.1 Å². The summed E-state index contributed by atoms with van der Waals surface area (Å²) in [4.78, 5) is 4.03. The maximum atomic E-state index is 4.03. The normalized spacial score (nSPS) is 20.0. The van der Waals surface area contributed by atoms with Gasteiger partial charge in [0.1, 0.15) is 0 Å². The van der Waals surface area contributed by atoms with Gasteiger partial charge in [-0.1, -0.05) is 0 Å². The largest absolute Gasteiger partial charge is 0.244 e. The molecule has 0 radical (unpaired) electrons. The van der Waals surface area contributed by atoms with Crippen LogP contribution in [0.15, 0.2) is 15.2 Å². The van der Waals surface area contributed by atoms with Crippen LogP contribution in [0.4, 0.5) is 0 Å². The second kappa shape index (κ2) is 3.25. The molecular formula is C7H11N3. The van der Waals surface area contributed by atoms with E-state index in [9.17, 15) is 0 Å². The standard InChI is InChI=1S/C7H11N3/c1-6(2)9-10-7-4-3-5-8-7/h5H,3-4H2,1-2H3. The van der Waals surface area contributed by atoms with Gasteiger partial charge in [0.25, 0.3) is 0 Å². The zero-order valence-electron chi connectivity index (χ0n) is 6.33. The summed E-state index contributed by atoms with van der Waals surface area (Å²) < 4.78 is 0. The lowest BCUT2D eigenvalue weighted by atomic mass is 10.4. The van der Waals surface area contributed by atoms with Crippen LogP contribution in [0.25, 0.3) is 0 Å². The molecule has 0 bridgehead atoms. The summed E-state index contributed by atoms with van der Waals surface area (Å²) in [6, 6.07) is 0. The third-order valence-corrected chi connectivity index (χ3v) is 1.10. The minimum atomic E-state index is 0.848. The number of nitrogens with zero attached hydrogens (tertiary/aromatic N) is 3. The molecule has 10 heavy (non-hydrogen) atoms. The summed E-state index contributed by atoms with van der Waals surface area (Å²) in [5.41, 5.74) is 0.967. The topological polar surface area (TPSA) is 37.1 Å². The van der Waals surface area contributed by atoms with Gasteiger partial charge >= 0.3 is 0 Å². The van der Waals surface area contributed by atoms with Crippen LogP contribution in [-0.2, 0) is 0 Å². The van der Waals surface area contributed by atoms with Crippen molar-refractivity contribution in [3.63, 3.8) is 0 Å². The van der Waals surface area contributed by atoms with Crippen molar-refractivity contribution in [2.24, 2.45) is 15.2 Å². The quantitative estimate of drug-likeness (QED) is 0.389. The van der Waals surface area contributed by atoms with E-state index in [2.05, 4.69) is 15.2 Å². The summed E-state index contributed by atoms with van der Waals surface area (Å²) in [5.74, 6) is 0.848. The summed E-state index contributed by atoms with van der Waals surface area (Å²) in [6.45, 7) is 3.84. The van der Waals surface area contributed by atoms with E-state index in [1.165, 1.54) is 0 Å². The molecule has 0 aliphatic carbocycles. The highest BCUT2D eigenvalue weighted by Gasteiger charge is 2.00. The number of amidine groups is 1. The monoisotopic (exact) mass is 137 g/mol. The molecule has 1 aliphatic rings. The van der Waals surface area contributed by atoms with E-state index >= 15 is 0 Å². The number of hydrogen-bond acceptors (Lipinski definition) is 2. The Morgan fingerprint density at radius 3 is 2.90 bits per heavy atom. The van der Waals surface area contributed by atoms with Gasteiger partial charge in [-0.2, -0.15) is 5.10 Å². The van der Waals surface area contributed by atoms with Crippen LogP contribution in [0.3, 0.4) is 0 Å². The first-order chi connectivity index (χ1) is 4.79. The first kappa shape index (κ1) is 7.12. The molecule has 0 aromatic rings. The van der Waals surface area contributed by atoms with E-state index in [1.54, 1.807) is 0 Å². The SMILES string of the molecule is CC(C)=NN=C1CCC=N1. The van der Waals surface area contributed by atoms with Crippen LogP contribution in [-0.4, -0.2) is 17.8 Å². The molecule has 0 aromatic heterocycles. The smallest absolute Gasteiger partial charge is 0.150 e. The predicted octanol–water partition coefficient (Wildman–Crippen LogP) is 1.65. The first-order valence-electron chi connectivity index (χ1n) is 3.39. The van der Waals surface area contributed by atoms with Gasteiger partial charge in [-0.25, -0.2) is 4.99 Å². The maximum Gasteiger partial charge on any atom is 0.150 e. The summed E-state index contributed by atoms with van der Waals surface area (Å²) >= 11 is 0. The third-order valence-electron chi connectivity index (χ3n) is 1.10. The molecule has 0 aromatic carbocycles. The molecule has 0 spiro atoms. The molecule has 0 N–H and O–H groups in total. The van der Waals surface area contributed by atoms with Crippen LogP contribution in [0.2, 0.25) is 0 Å². The molecule has 0 saturated carbocycles. The van der Waals surface area contributed by atoms with E-state index in [0.29, 0.717) is 0 Å². The van der Waals surface area contributed by atoms with Gasteiger partial charge in [-0.3, -0.25) is 0 Å². The summed E-state index contributed by atoms with van der Waals surface area (Å²) in [6.07, 6.45) is 3.83. The lowest BCUT2D eigenvalue weighted by Crippen LogP contribution is -1.86. The Bertz CT molecular complexity index is 197. The third kappa shape index (κ3) is 2.09. The average Bonchev–Trinajstić information content (AvgIpc) is 2.34. The van der Waals surface area contributed by atoms with Crippen LogP contribution >= 0.6 is 0 Å². The first-order valence-corrected chi connectivity index (χ1v) is 3.39. The fourth-order valence-corrected chi connectivity index (χ4v) is 0.662. The van der Waals surface area contributed by atoms with Crippen molar-refractivity contribution >= 4 is 17.8 Å². The van der Waals surface area contributed by atoms with E-state index in [4.69, 9.17) is 0 Å². The van der Waals surface area contributed by atoms with E-state index in [0.717, 1.165) is 24.4 Å². The molecule has 54 valence electrons. The fourth-order valence-electron chi connectivity index (χ4n) is 0.662. The Kier molecular flexibility index (Phi) is 2.31. The Morgan fingerprint density at radius 2 is 2.40 bits per heavy atom. The van der Waals surface area contributed by atoms with Gasteiger partial charge in [0.15, 0.2) is 5.84 Å². The van der Waals surface area contributed by atoms with Gasteiger partial charge in [0.2, 0.25) is 0 Å².